The standard InChI is InChI=1S/C14H25N5O2/c1-10-12(17-18-19(10)3)15-13(21)16-14(2,9-20)11-7-5-4-6-8-11/h11,20H,4-9H2,1-3H3,(H2,15,16,21). The Morgan fingerprint density at radius 2 is 2.10 bits per heavy atom. The molecule has 1 aliphatic carbocycles. The van der Waals surface area contributed by atoms with Crippen molar-refractivity contribution in [3.8, 4) is 0 Å². The number of amides is 2. The first-order chi connectivity index (χ1) is 9.96. The summed E-state index contributed by atoms with van der Waals surface area (Å²) in [6.45, 7) is 3.68. The number of nitrogens with zero attached hydrogens (tertiary/aromatic N) is 3. The predicted molar refractivity (Wildman–Crippen MR) is 80.0 cm³/mol. The molecule has 2 rings (SSSR count). The van der Waals surface area contributed by atoms with Crippen LogP contribution < -0.4 is 10.6 Å². The summed E-state index contributed by atoms with van der Waals surface area (Å²) in [4.78, 5) is 12.2. The summed E-state index contributed by atoms with van der Waals surface area (Å²) >= 11 is 0. The second-order valence-corrected chi connectivity index (χ2v) is 6.14. The molecule has 1 aromatic heterocycles. The second kappa shape index (κ2) is 6.43. The summed E-state index contributed by atoms with van der Waals surface area (Å²) in [5.41, 5.74) is 0.189. The number of anilines is 1. The maximum atomic E-state index is 12.2. The Morgan fingerprint density at radius 3 is 2.62 bits per heavy atom. The maximum absolute atomic E-state index is 12.2. The molecule has 0 radical (unpaired) electrons. The molecule has 2 amide bonds. The van der Waals surface area contributed by atoms with Gasteiger partial charge in [0.25, 0.3) is 0 Å². The fourth-order valence-electron chi connectivity index (χ4n) is 2.93. The van der Waals surface area contributed by atoms with E-state index in [-0.39, 0.29) is 12.6 Å². The lowest BCUT2D eigenvalue weighted by Gasteiger charge is -2.39. The number of nitrogens with one attached hydrogen (secondary N) is 2. The third kappa shape index (κ3) is 3.53. The normalized spacial score (nSPS) is 19.0. The van der Waals surface area contributed by atoms with Crippen LogP contribution in [0, 0.1) is 12.8 Å². The Bertz CT molecular complexity index is 496. The third-order valence-electron chi connectivity index (χ3n) is 4.57. The van der Waals surface area contributed by atoms with E-state index in [0.29, 0.717) is 11.7 Å². The van der Waals surface area contributed by atoms with Gasteiger partial charge in [0.05, 0.1) is 17.8 Å². The molecule has 0 aromatic carbocycles. The van der Waals surface area contributed by atoms with Crippen molar-refractivity contribution < 1.29 is 9.90 Å². The highest BCUT2D eigenvalue weighted by Gasteiger charge is 2.36. The zero-order valence-electron chi connectivity index (χ0n) is 13.0. The number of carbonyl (C=O) groups is 1. The molecule has 1 aromatic rings. The Hall–Kier alpha value is -1.63. The van der Waals surface area contributed by atoms with Crippen molar-refractivity contribution in [2.75, 3.05) is 11.9 Å². The lowest BCUT2D eigenvalue weighted by atomic mass is 9.76. The molecule has 7 heteroatoms. The van der Waals surface area contributed by atoms with Crippen LogP contribution in [0.1, 0.15) is 44.7 Å². The lowest BCUT2D eigenvalue weighted by molar-refractivity contribution is 0.103. The first-order valence-electron chi connectivity index (χ1n) is 7.52. The zero-order chi connectivity index (χ0) is 15.5. The SMILES string of the molecule is Cc1c(NC(=O)NC(C)(CO)C2CCCCC2)nnn1C. The van der Waals surface area contributed by atoms with Crippen LogP contribution in [-0.4, -0.2) is 38.3 Å². The highest BCUT2D eigenvalue weighted by Crippen LogP contribution is 2.32. The van der Waals surface area contributed by atoms with E-state index in [4.69, 9.17) is 0 Å². The van der Waals surface area contributed by atoms with Crippen molar-refractivity contribution in [1.29, 1.82) is 0 Å². The number of hydrogen-bond donors (Lipinski definition) is 3. The minimum absolute atomic E-state index is 0.0649. The van der Waals surface area contributed by atoms with Gasteiger partial charge in [-0.3, -0.25) is 10.00 Å². The minimum Gasteiger partial charge on any atom is -0.394 e. The highest BCUT2D eigenvalue weighted by molar-refractivity contribution is 5.89. The van der Waals surface area contributed by atoms with Gasteiger partial charge in [-0.25, -0.2) is 4.79 Å². The smallest absolute Gasteiger partial charge is 0.321 e. The molecule has 0 saturated heterocycles. The van der Waals surface area contributed by atoms with Crippen molar-refractivity contribution in [2.45, 2.75) is 51.5 Å². The van der Waals surface area contributed by atoms with E-state index in [9.17, 15) is 9.90 Å². The van der Waals surface area contributed by atoms with Gasteiger partial charge in [0.15, 0.2) is 5.82 Å². The van der Waals surface area contributed by atoms with E-state index in [1.807, 2.05) is 13.8 Å². The zero-order valence-corrected chi connectivity index (χ0v) is 13.0. The molecule has 118 valence electrons. The topological polar surface area (TPSA) is 92.1 Å². The number of rotatable bonds is 4. The number of hydrogen-bond acceptors (Lipinski definition) is 4. The Labute approximate surface area is 125 Å². The maximum Gasteiger partial charge on any atom is 0.321 e. The first kappa shape index (κ1) is 15.8. The molecule has 1 atom stereocenters. The molecule has 3 N–H and O–H groups in total. The largest absolute Gasteiger partial charge is 0.394 e. The average molecular weight is 295 g/mol. The van der Waals surface area contributed by atoms with Crippen LogP contribution in [0.15, 0.2) is 0 Å². The average Bonchev–Trinajstić information content (AvgIpc) is 2.80. The van der Waals surface area contributed by atoms with Crippen molar-refractivity contribution in [2.24, 2.45) is 13.0 Å². The molecule has 0 aliphatic heterocycles. The van der Waals surface area contributed by atoms with Crippen LogP contribution in [0.3, 0.4) is 0 Å². The van der Waals surface area contributed by atoms with Crippen LogP contribution in [0.2, 0.25) is 0 Å². The Balaban J connectivity index is 2.00. The summed E-state index contributed by atoms with van der Waals surface area (Å²) in [6, 6.07) is -0.347. The second-order valence-electron chi connectivity index (χ2n) is 6.14. The van der Waals surface area contributed by atoms with E-state index < -0.39 is 5.54 Å². The molecule has 0 spiro atoms. The van der Waals surface area contributed by atoms with Crippen LogP contribution in [0.5, 0.6) is 0 Å². The van der Waals surface area contributed by atoms with E-state index >= 15 is 0 Å². The Kier molecular flexibility index (Phi) is 4.82. The predicted octanol–water partition coefficient (Wildman–Crippen LogP) is 1.58. The number of aromatic nitrogens is 3. The van der Waals surface area contributed by atoms with Gasteiger partial charge in [-0.15, -0.1) is 5.10 Å². The van der Waals surface area contributed by atoms with Crippen LogP contribution in [0.25, 0.3) is 0 Å². The summed E-state index contributed by atoms with van der Waals surface area (Å²) in [5.74, 6) is 0.754. The fourth-order valence-corrected chi connectivity index (χ4v) is 2.93. The van der Waals surface area contributed by atoms with Gasteiger partial charge in [0.2, 0.25) is 0 Å². The van der Waals surface area contributed by atoms with Crippen molar-refractivity contribution in [1.82, 2.24) is 20.3 Å². The van der Waals surface area contributed by atoms with Crippen LogP contribution >= 0.6 is 0 Å². The van der Waals surface area contributed by atoms with Gasteiger partial charge in [-0.1, -0.05) is 24.5 Å². The summed E-state index contributed by atoms with van der Waals surface area (Å²) < 4.78 is 1.60. The van der Waals surface area contributed by atoms with E-state index in [1.165, 1.54) is 6.42 Å². The van der Waals surface area contributed by atoms with E-state index in [2.05, 4.69) is 20.9 Å². The molecule has 1 saturated carbocycles. The molecule has 1 aliphatic rings. The number of aliphatic hydroxyl groups excluding tert-OH is 1. The number of aryl methyl sites for hydroxylation is 1. The fraction of sp³-hybridized carbons (Fsp3) is 0.786. The van der Waals surface area contributed by atoms with Gasteiger partial charge < -0.3 is 10.4 Å². The van der Waals surface area contributed by atoms with Crippen molar-refractivity contribution in [3.05, 3.63) is 5.69 Å². The molecule has 1 unspecified atom stereocenters. The van der Waals surface area contributed by atoms with E-state index in [0.717, 1.165) is 31.4 Å². The molecular weight excluding hydrogens is 270 g/mol. The number of carbonyl (C=O) groups excluding carboxylic acids is 1. The van der Waals surface area contributed by atoms with Gasteiger partial charge in [-0.05, 0) is 32.6 Å². The van der Waals surface area contributed by atoms with Crippen molar-refractivity contribution >= 4 is 11.8 Å². The van der Waals surface area contributed by atoms with Gasteiger partial charge in [0.1, 0.15) is 0 Å². The third-order valence-corrected chi connectivity index (χ3v) is 4.57. The molecule has 1 fully saturated rings. The highest BCUT2D eigenvalue weighted by atomic mass is 16.3. The monoisotopic (exact) mass is 295 g/mol. The summed E-state index contributed by atoms with van der Waals surface area (Å²) in [5, 5.41) is 23.1. The van der Waals surface area contributed by atoms with Gasteiger partial charge >= 0.3 is 6.03 Å². The summed E-state index contributed by atoms with van der Waals surface area (Å²) in [7, 11) is 1.77. The van der Waals surface area contributed by atoms with E-state index in [1.54, 1.807) is 11.7 Å². The minimum atomic E-state index is -0.597. The van der Waals surface area contributed by atoms with Gasteiger partial charge in [0, 0.05) is 7.05 Å². The van der Waals surface area contributed by atoms with Crippen LogP contribution in [0.4, 0.5) is 10.6 Å². The number of urea groups is 1. The molecule has 21 heavy (non-hydrogen) atoms. The molecule has 7 nitrogen and oxygen atoms in total. The molecular formula is C14H25N5O2. The van der Waals surface area contributed by atoms with Gasteiger partial charge in [-0.2, -0.15) is 0 Å². The molecule has 0 bridgehead atoms. The summed E-state index contributed by atoms with van der Waals surface area (Å²) in [6.07, 6.45) is 5.64. The first-order valence-corrected chi connectivity index (χ1v) is 7.52. The van der Waals surface area contributed by atoms with Crippen molar-refractivity contribution in [3.63, 3.8) is 0 Å². The van der Waals surface area contributed by atoms with Crippen LogP contribution in [-0.2, 0) is 7.05 Å². The quantitative estimate of drug-likeness (QED) is 0.786. The lowest BCUT2D eigenvalue weighted by Crippen LogP contribution is -2.55. The number of aliphatic hydroxyl groups is 1. The molecule has 1 heterocycles. The Morgan fingerprint density at radius 1 is 1.43 bits per heavy atom.